The topological polar surface area (TPSA) is 43.2 Å². The van der Waals surface area contributed by atoms with Crippen molar-refractivity contribution in [2.24, 2.45) is 0 Å². The second-order valence-corrected chi connectivity index (χ2v) is 7.91. The number of fused-ring (bicyclic) bond motifs is 1. The molecule has 0 fully saturated rings. The number of carbonyl (C=O) groups is 1. The summed E-state index contributed by atoms with van der Waals surface area (Å²) >= 11 is 12.1. The van der Waals surface area contributed by atoms with E-state index < -0.39 is 0 Å². The summed E-state index contributed by atoms with van der Waals surface area (Å²) in [4.78, 5) is 15.8. The fourth-order valence-electron chi connectivity index (χ4n) is 3.53. The Morgan fingerprint density at radius 2 is 1.75 bits per heavy atom. The average Bonchev–Trinajstić information content (AvgIpc) is 2.69. The van der Waals surface area contributed by atoms with Crippen molar-refractivity contribution in [3.63, 3.8) is 0 Å². The normalized spacial score (nSPS) is 14.4. The molecule has 0 spiro atoms. The Bertz CT molecular complexity index is 873. The number of rotatable bonds is 6. The monoisotopic (exact) mass is 423 g/mol. The second-order valence-electron chi connectivity index (χ2n) is 7.10. The molecular weight excluding hydrogens is 399 g/mol. The standard InChI is InChI=1S/C21H24Cl2N2O3/c1-24(11-14-4-5-17(22)18(23)8-14)13-21(26)25-7-6-15-9-19(27-2)20(28-3)10-16(15)12-25/h4-5,8-10H,6-7,11-13H2,1-3H3/p+1. The third-order valence-corrected chi connectivity index (χ3v) is 5.75. The minimum Gasteiger partial charge on any atom is -0.493 e. The minimum absolute atomic E-state index is 0.137. The largest absolute Gasteiger partial charge is 0.493 e. The molecule has 0 radical (unpaired) electrons. The Kier molecular flexibility index (Phi) is 6.70. The van der Waals surface area contributed by atoms with Crippen LogP contribution in [0.25, 0.3) is 0 Å². The number of methoxy groups -OCH3 is 2. The Morgan fingerprint density at radius 1 is 1.07 bits per heavy atom. The molecule has 2 aromatic rings. The average molecular weight is 424 g/mol. The predicted molar refractivity (Wildman–Crippen MR) is 111 cm³/mol. The van der Waals surface area contributed by atoms with Crippen molar-refractivity contribution in [3.05, 3.63) is 57.1 Å². The lowest BCUT2D eigenvalue weighted by atomic mass is 9.98. The summed E-state index contributed by atoms with van der Waals surface area (Å²) in [6.07, 6.45) is 0.813. The molecule has 7 heteroatoms. The van der Waals surface area contributed by atoms with E-state index in [0.29, 0.717) is 42.0 Å². The van der Waals surface area contributed by atoms with Gasteiger partial charge in [0.1, 0.15) is 6.54 Å². The molecule has 1 heterocycles. The second kappa shape index (κ2) is 9.03. The van der Waals surface area contributed by atoms with Gasteiger partial charge in [-0.15, -0.1) is 0 Å². The van der Waals surface area contributed by atoms with E-state index in [0.717, 1.165) is 28.2 Å². The summed E-state index contributed by atoms with van der Waals surface area (Å²) in [5.41, 5.74) is 3.37. The van der Waals surface area contributed by atoms with E-state index in [1.165, 1.54) is 5.56 Å². The molecule has 1 aliphatic heterocycles. The quantitative estimate of drug-likeness (QED) is 0.776. The number of carbonyl (C=O) groups excluding carboxylic acids is 1. The molecule has 0 saturated carbocycles. The minimum atomic E-state index is 0.137. The number of halogens is 2. The molecule has 1 aliphatic rings. The van der Waals surface area contributed by atoms with E-state index in [9.17, 15) is 4.79 Å². The lowest BCUT2D eigenvalue weighted by Gasteiger charge is -2.30. The Morgan fingerprint density at radius 3 is 2.39 bits per heavy atom. The van der Waals surface area contributed by atoms with Gasteiger partial charge in [-0.05, 0) is 41.8 Å². The summed E-state index contributed by atoms with van der Waals surface area (Å²) in [5, 5.41) is 1.08. The highest BCUT2D eigenvalue weighted by Gasteiger charge is 2.24. The van der Waals surface area contributed by atoms with E-state index in [4.69, 9.17) is 32.7 Å². The highest BCUT2D eigenvalue weighted by atomic mass is 35.5. The number of hydrogen-bond donors (Lipinski definition) is 1. The van der Waals surface area contributed by atoms with E-state index in [1.54, 1.807) is 20.3 Å². The molecular formula is C21H25Cl2N2O3+. The first-order chi connectivity index (χ1) is 13.4. The number of quaternary nitrogens is 1. The van der Waals surface area contributed by atoms with Crippen molar-refractivity contribution in [3.8, 4) is 11.5 Å². The predicted octanol–water partition coefficient (Wildman–Crippen LogP) is 2.61. The molecule has 28 heavy (non-hydrogen) atoms. The van der Waals surface area contributed by atoms with Crippen LogP contribution in [0.15, 0.2) is 30.3 Å². The van der Waals surface area contributed by atoms with Gasteiger partial charge in [-0.25, -0.2) is 0 Å². The van der Waals surface area contributed by atoms with Gasteiger partial charge in [0.25, 0.3) is 5.91 Å². The highest BCUT2D eigenvalue weighted by Crippen LogP contribution is 2.33. The van der Waals surface area contributed by atoms with Gasteiger partial charge in [0.15, 0.2) is 18.0 Å². The maximum absolute atomic E-state index is 12.8. The van der Waals surface area contributed by atoms with Gasteiger partial charge in [0, 0.05) is 18.7 Å². The zero-order valence-electron chi connectivity index (χ0n) is 16.4. The molecule has 0 aromatic heterocycles. The van der Waals surface area contributed by atoms with Gasteiger partial charge in [-0.2, -0.15) is 0 Å². The highest BCUT2D eigenvalue weighted by molar-refractivity contribution is 6.42. The van der Waals surface area contributed by atoms with Crippen molar-refractivity contribution in [1.29, 1.82) is 0 Å². The molecule has 0 bridgehead atoms. The van der Waals surface area contributed by atoms with E-state index in [2.05, 4.69) is 0 Å². The van der Waals surface area contributed by atoms with Crippen LogP contribution in [0.4, 0.5) is 0 Å². The lowest BCUT2D eigenvalue weighted by Crippen LogP contribution is -3.08. The zero-order chi connectivity index (χ0) is 20.3. The number of likely N-dealkylation sites (N-methyl/N-ethyl adjacent to an activating group) is 1. The number of hydrogen-bond acceptors (Lipinski definition) is 3. The van der Waals surface area contributed by atoms with Crippen LogP contribution in [-0.2, 0) is 24.3 Å². The smallest absolute Gasteiger partial charge is 0.278 e. The maximum Gasteiger partial charge on any atom is 0.278 e. The SMILES string of the molecule is COc1cc2c(cc1OC)CN(C(=O)C[NH+](C)Cc1ccc(Cl)c(Cl)c1)CC2. The van der Waals surface area contributed by atoms with E-state index in [1.807, 2.05) is 36.2 Å². The number of ether oxygens (including phenoxy) is 2. The van der Waals surface area contributed by atoms with Gasteiger partial charge in [0.2, 0.25) is 0 Å². The molecule has 0 aliphatic carbocycles. The summed E-state index contributed by atoms with van der Waals surface area (Å²) in [5.74, 6) is 1.56. The van der Waals surface area contributed by atoms with Crippen LogP contribution in [-0.4, -0.2) is 45.2 Å². The number of nitrogens with one attached hydrogen (secondary N) is 1. The van der Waals surface area contributed by atoms with Gasteiger partial charge >= 0.3 is 0 Å². The zero-order valence-corrected chi connectivity index (χ0v) is 17.9. The van der Waals surface area contributed by atoms with Crippen molar-refractivity contribution < 1.29 is 19.2 Å². The number of amides is 1. The summed E-state index contributed by atoms with van der Waals surface area (Å²) < 4.78 is 10.8. The third-order valence-electron chi connectivity index (χ3n) is 5.01. The van der Waals surface area contributed by atoms with Crippen LogP contribution in [0.3, 0.4) is 0 Å². The van der Waals surface area contributed by atoms with Gasteiger partial charge < -0.3 is 19.3 Å². The molecule has 2 aromatic carbocycles. The van der Waals surface area contributed by atoms with Crippen molar-refractivity contribution in [1.82, 2.24) is 4.90 Å². The molecule has 1 unspecified atom stereocenters. The molecule has 1 amide bonds. The molecule has 5 nitrogen and oxygen atoms in total. The fraction of sp³-hybridized carbons (Fsp3) is 0.381. The summed E-state index contributed by atoms with van der Waals surface area (Å²) in [6, 6.07) is 9.57. The van der Waals surface area contributed by atoms with Crippen molar-refractivity contribution in [2.45, 2.75) is 19.5 Å². The molecule has 150 valence electrons. The van der Waals surface area contributed by atoms with Crippen LogP contribution in [0.2, 0.25) is 10.0 Å². The van der Waals surface area contributed by atoms with Crippen LogP contribution < -0.4 is 14.4 Å². The third kappa shape index (κ3) is 4.72. The Labute approximate surface area is 175 Å². The molecule has 0 saturated heterocycles. The first-order valence-corrected chi connectivity index (χ1v) is 9.93. The Hall–Kier alpha value is -1.95. The first kappa shape index (κ1) is 20.8. The van der Waals surface area contributed by atoms with Gasteiger partial charge in [-0.3, -0.25) is 4.79 Å². The first-order valence-electron chi connectivity index (χ1n) is 9.18. The van der Waals surface area contributed by atoms with Crippen molar-refractivity contribution in [2.75, 3.05) is 34.4 Å². The van der Waals surface area contributed by atoms with Crippen molar-refractivity contribution >= 4 is 29.1 Å². The van der Waals surface area contributed by atoms with Crippen LogP contribution in [0, 0.1) is 0 Å². The molecule has 1 N–H and O–H groups in total. The van der Waals surface area contributed by atoms with Gasteiger partial charge in [-0.1, -0.05) is 29.3 Å². The summed E-state index contributed by atoms with van der Waals surface area (Å²) in [7, 11) is 5.26. The maximum atomic E-state index is 12.8. The number of benzene rings is 2. The lowest BCUT2D eigenvalue weighted by molar-refractivity contribution is -0.885. The fourth-order valence-corrected chi connectivity index (χ4v) is 3.85. The van der Waals surface area contributed by atoms with Crippen LogP contribution in [0.1, 0.15) is 16.7 Å². The summed E-state index contributed by atoms with van der Waals surface area (Å²) in [6.45, 7) is 2.43. The number of nitrogens with zero attached hydrogens (tertiary/aromatic N) is 1. The molecule has 3 rings (SSSR count). The Balaban J connectivity index is 1.63. The van der Waals surface area contributed by atoms with E-state index in [-0.39, 0.29) is 5.91 Å². The van der Waals surface area contributed by atoms with E-state index >= 15 is 0 Å². The molecule has 1 atom stereocenters. The van der Waals surface area contributed by atoms with Gasteiger partial charge in [0.05, 0.1) is 31.3 Å². The van der Waals surface area contributed by atoms with Crippen LogP contribution >= 0.6 is 23.2 Å². The van der Waals surface area contributed by atoms with Crippen LogP contribution in [0.5, 0.6) is 11.5 Å².